The van der Waals surface area contributed by atoms with Crippen LogP contribution in [-0.2, 0) is 14.2 Å². The fourth-order valence-corrected chi connectivity index (χ4v) is 4.89. The number of phenols is 4. The molecule has 0 aliphatic carbocycles. The number of benzene rings is 2. The van der Waals surface area contributed by atoms with E-state index in [1.165, 1.54) is 19.1 Å². The maximum absolute atomic E-state index is 13.7. The summed E-state index contributed by atoms with van der Waals surface area (Å²) in [5.74, 6) is -4.12. The van der Waals surface area contributed by atoms with Gasteiger partial charge < -0.3 is 74.4 Å². The molecule has 3 heterocycles. The smallest absolute Gasteiger partial charge is 0.235 e. The first-order valence-corrected chi connectivity index (χ1v) is 13.0. The minimum absolute atomic E-state index is 0.136. The molecule has 3 aromatic rings. The van der Waals surface area contributed by atoms with Crippen molar-refractivity contribution in [1.29, 1.82) is 0 Å². The van der Waals surface area contributed by atoms with Crippen molar-refractivity contribution in [3.63, 3.8) is 0 Å². The molecule has 2 aliphatic heterocycles. The number of hydrogen-bond acceptors (Lipinski definition) is 16. The molecule has 0 amide bonds. The average Bonchev–Trinajstić information content (AvgIpc) is 2.98. The van der Waals surface area contributed by atoms with E-state index in [-0.39, 0.29) is 22.3 Å². The van der Waals surface area contributed by atoms with Gasteiger partial charge in [0.15, 0.2) is 29.7 Å². The zero-order chi connectivity index (χ0) is 31.3. The molecule has 43 heavy (non-hydrogen) atoms. The van der Waals surface area contributed by atoms with Crippen LogP contribution in [0, 0.1) is 0 Å². The summed E-state index contributed by atoms with van der Waals surface area (Å²) in [6.07, 6.45) is -16.7. The Morgan fingerprint density at radius 1 is 0.814 bits per heavy atom. The van der Waals surface area contributed by atoms with E-state index in [0.29, 0.717) is 0 Å². The van der Waals surface area contributed by atoms with E-state index in [1.807, 2.05) is 0 Å². The van der Waals surface area contributed by atoms with Gasteiger partial charge >= 0.3 is 0 Å². The highest BCUT2D eigenvalue weighted by Crippen LogP contribution is 2.45. The predicted octanol–water partition coefficient (Wildman–Crippen LogP) is -1.69. The molecule has 1 aromatic heterocycles. The van der Waals surface area contributed by atoms with E-state index in [1.54, 1.807) is 0 Å². The van der Waals surface area contributed by atoms with Gasteiger partial charge in [-0.15, -0.1) is 0 Å². The summed E-state index contributed by atoms with van der Waals surface area (Å²) in [5, 5.41) is 102. The van der Waals surface area contributed by atoms with Crippen LogP contribution in [0.15, 0.2) is 39.5 Å². The standard InChI is InChI=1S/C27H30O16/c1-8-15(31)20(36)22(38)26(39-8)43-25-21(37)19(35)14(7-28)41-27(25)42-24-17(33)10-3-2-9(29)6-13(10)40-23(24)11-4-5-12(30)18(34)16(11)32/h2-6,8,14-15,19-22,25-32,34-38H,7H2,1H3/t8-,14+,15-,19-,20+,21-,22+,25-,26+,27-/m1/s1. The topological polar surface area (TPSA) is 269 Å². The van der Waals surface area contributed by atoms with Crippen molar-refractivity contribution in [2.75, 3.05) is 6.61 Å². The highest BCUT2D eigenvalue weighted by Gasteiger charge is 2.51. The van der Waals surface area contributed by atoms with Crippen molar-refractivity contribution >= 4 is 11.0 Å². The number of hydrogen-bond donors (Lipinski definition) is 10. The van der Waals surface area contributed by atoms with Gasteiger partial charge in [0.25, 0.3) is 0 Å². The lowest BCUT2D eigenvalue weighted by atomic mass is 9.97. The van der Waals surface area contributed by atoms with Crippen LogP contribution < -0.4 is 10.2 Å². The Morgan fingerprint density at radius 3 is 2.23 bits per heavy atom. The molecule has 0 radical (unpaired) electrons. The van der Waals surface area contributed by atoms with Gasteiger partial charge in [-0.25, -0.2) is 0 Å². The minimum Gasteiger partial charge on any atom is -0.508 e. The van der Waals surface area contributed by atoms with Gasteiger partial charge in [-0.05, 0) is 31.2 Å². The molecule has 0 unspecified atom stereocenters. The maximum atomic E-state index is 13.7. The second kappa shape index (κ2) is 11.8. The van der Waals surface area contributed by atoms with Gasteiger partial charge in [0, 0.05) is 6.07 Å². The first-order valence-electron chi connectivity index (χ1n) is 13.0. The van der Waals surface area contributed by atoms with E-state index < -0.39 is 102 Å². The quantitative estimate of drug-likeness (QED) is 0.140. The van der Waals surface area contributed by atoms with Crippen LogP contribution in [0.4, 0.5) is 0 Å². The molecule has 10 atom stereocenters. The SMILES string of the molecule is C[C@H]1O[C@@H](O[C@H]2[C@@H](Oc3c(-c4ccc(O)c(O)c4O)oc4cc(O)ccc4c3=O)O[C@@H](CO)[C@@H](O)[C@H]2O)[C@@H](O)[C@@H](O)[C@@H]1O. The van der Waals surface area contributed by atoms with Crippen LogP contribution in [0.2, 0.25) is 0 Å². The van der Waals surface area contributed by atoms with E-state index in [4.69, 9.17) is 23.4 Å². The third kappa shape index (κ3) is 5.44. The summed E-state index contributed by atoms with van der Waals surface area (Å²) in [7, 11) is 0. The fraction of sp³-hybridized carbons (Fsp3) is 0.444. The highest BCUT2D eigenvalue weighted by atomic mass is 16.8. The maximum Gasteiger partial charge on any atom is 0.235 e. The molecule has 2 aromatic carbocycles. The molecule has 0 saturated carbocycles. The number of phenolic OH excluding ortho intramolecular Hbond substituents is 4. The van der Waals surface area contributed by atoms with Crippen molar-refractivity contribution in [3.8, 4) is 40.1 Å². The lowest BCUT2D eigenvalue weighted by molar-refractivity contribution is -0.354. The Labute approximate surface area is 241 Å². The van der Waals surface area contributed by atoms with Crippen LogP contribution in [-0.4, -0.2) is 119 Å². The van der Waals surface area contributed by atoms with E-state index >= 15 is 0 Å². The third-order valence-electron chi connectivity index (χ3n) is 7.37. The minimum atomic E-state index is -1.91. The molecule has 5 rings (SSSR count). The second-order valence-corrected chi connectivity index (χ2v) is 10.2. The number of rotatable bonds is 6. The van der Waals surface area contributed by atoms with Gasteiger partial charge in [0.1, 0.15) is 48.0 Å². The monoisotopic (exact) mass is 610 g/mol. The molecule has 234 valence electrons. The highest BCUT2D eigenvalue weighted by molar-refractivity contribution is 5.85. The molecule has 10 N–H and O–H groups in total. The normalized spacial score (nSPS) is 33.0. The Hall–Kier alpha value is -3.71. The van der Waals surface area contributed by atoms with Crippen LogP contribution in [0.25, 0.3) is 22.3 Å². The zero-order valence-electron chi connectivity index (χ0n) is 22.3. The summed E-state index contributed by atoms with van der Waals surface area (Å²) < 4.78 is 28.3. The van der Waals surface area contributed by atoms with E-state index in [0.717, 1.165) is 18.2 Å². The van der Waals surface area contributed by atoms with Crippen LogP contribution in [0.3, 0.4) is 0 Å². The van der Waals surface area contributed by atoms with Crippen molar-refractivity contribution < 1.29 is 74.4 Å². The summed E-state index contributed by atoms with van der Waals surface area (Å²) in [5.41, 5.74) is -1.45. The van der Waals surface area contributed by atoms with Gasteiger partial charge in [-0.2, -0.15) is 0 Å². The molecule has 16 heteroatoms. The van der Waals surface area contributed by atoms with Crippen molar-refractivity contribution in [1.82, 2.24) is 0 Å². The first kappa shape index (κ1) is 30.7. The Bertz CT molecular complexity index is 1540. The Balaban J connectivity index is 1.62. The van der Waals surface area contributed by atoms with Gasteiger partial charge in [-0.1, -0.05) is 0 Å². The number of ether oxygens (including phenoxy) is 4. The van der Waals surface area contributed by atoms with Crippen LogP contribution in [0.5, 0.6) is 28.7 Å². The number of aromatic hydroxyl groups is 4. The molecule has 0 bridgehead atoms. The molecular formula is C27H30O16. The van der Waals surface area contributed by atoms with Crippen molar-refractivity contribution in [3.05, 3.63) is 40.6 Å². The average molecular weight is 611 g/mol. The summed E-state index contributed by atoms with van der Waals surface area (Å²) in [4.78, 5) is 13.7. The van der Waals surface area contributed by atoms with Crippen LogP contribution >= 0.6 is 0 Å². The molecular weight excluding hydrogens is 580 g/mol. The molecule has 0 spiro atoms. The lowest BCUT2D eigenvalue weighted by Gasteiger charge is -2.45. The largest absolute Gasteiger partial charge is 0.508 e. The summed E-state index contributed by atoms with van der Waals surface area (Å²) >= 11 is 0. The number of aliphatic hydroxyl groups is 6. The van der Waals surface area contributed by atoms with E-state index in [9.17, 15) is 55.9 Å². The molecule has 16 nitrogen and oxygen atoms in total. The van der Waals surface area contributed by atoms with Gasteiger partial charge in [0.05, 0.1) is 23.7 Å². The fourth-order valence-electron chi connectivity index (χ4n) is 4.89. The third-order valence-corrected chi connectivity index (χ3v) is 7.37. The van der Waals surface area contributed by atoms with Crippen LogP contribution in [0.1, 0.15) is 6.92 Å². The Kier molecular flexibility index (Phi) is 8.41. The molecule has 2 saturated heterocycles. The summed E-state index contributed by atoms with van der Waals surface area (Å²) in [6, 6.07) is 5.53. The molecule has 2 fully saturated rings. The summed E-state index contributed by atoms with van der Waals surface area (Å²) in [6.45, 7) is 0.541. The molecule has 2 aliphatic rings. The Morgan fingerprint density at radius 2 is 1.53 bits per heavy atom. The van der Waals surface area contributed by atoms with Gasteiger partial charge in [0.2, 0.25) is 23.2 Å². The zero-order valence-corrected chi connectivity index (χ0v) is 22.3. The number of aliphatic hydroxyl groups excluding tert-OH is 6. The van der Waals surface area contributed by atoms with Gasteiger partial charge in [-0.3, -0.25) is 4.79 Å². The lowest BCUT2D eigenvalue weighted by Crippen LogP contribution is -2.64. The number of fused-ring (bicyclic) bond motifs is 1. The van der Waals surface area contributed by atoms with Crippen molar-refractivity contribution in [2.24, 2.45) is 0 Å². The predicted molar refractivity (Wildman–Crippen MR) is 140 cm³/mol. The van der Waals surface area contributed by atoms with Crippen molar-refractivity contribution in [2.45, 2.75) is 68.3 Å². The first-order chi connectivity index (χ1) is 20.3. The second-order valence-electron chi connectivity index (χ2n) is 10.2. The van der Waals surface area contributed by atoms with E-state index in [2.05, 4.69) is 0 Å².